The number of hydrogen-bond donors (Lipinski definition) is 2. The summed E-state index contributed by atoms with van der Waals surface area (Å²) in [7, 11) is 0. The van der Waals surface area contributed by atoms with Crippen molar-refractivity contribution in [3.63, 3.8) is 0 Å². The summed E-state index contributed by atoms with van der Waals surface area (Å²) in [6.07, 6.45) is 3.51. The van der Waals surface area contributed by atoms with Crippen molar-refractivity contribution in [1.82, 2.24) is 10.6 Å². The number of nitrogens with one attached hydrogen (secondary N) is 2. The van der Waals surface area contributed by atoms with Gasteiger partial charge in [-0.15, -0.1) is 0 Å². The summed E-state index contributed by atoms with van der Waals surface area (Å²) >= 11 is 0. The van der Waals surface area contributed by atoms with Crippen molar-refractivity contribution in [2.75, 3.05) is 6.73 Å². The molecule has 0 aliphatic carbocycles. The van der Waals surface area contributed by atoms with Crippen LogP contribution in [0.4, 0.5) is 0 Å². The molecule has 2 aliphatic rings. The third-order valence-corrected chi connectivity index (χ3v) is 1.31. The highest BCUT2D eigenvalue weighted by Gasteiger charge is 2.21. The maximum Gasteiger partial charge on any atom is 0.163 e. The van der Waals surface area contributed by atoms with E-state index in [2.05, 4.69) is 15.6 Å². The summed E-state index contributed by atoms with van der Waals surface area (Å²) in [5.41, 5.74) is 0. The SMILES string of the molecule is C1=NC2NCOC2=CN1. The summed E-state index contributed by atoms with van der Waals surface area (Å²) < 4.78 is 5.13. The molecule has 48 valence electrons. The minimum Gasteiger partial charge on any atom is -0.477 e. The van der Waals surface area contributed by atoms with Crippen molar-refractivity contribution >= 4 is 6.34 Å². The fourth-order valence-electron chi connectivity index (χ4n) is 0.867. The van der Waals surface area contributed by atoms with Crippen molar-refractivity contribution in [3.8, 4) is 0 Å². The number of fused-ring (bicyclic) bond motifs is 1. The first kappa shape index (κ1) is 4.81. The summed E-state index contributed by atoms with van der Waals surface area (Å²) in [4.78, 5) is 4.05. The monoisotopic (exact) mass is 125 g/mol. The molecular formula is C5H7N3O. The van der Waals surface area contributed by atoms with Gasteiger partial charge in [-0.3, -0.25) is 5.32 Å². The fourth-order valence-corrected chi connectivity index (χ4v) is 0.867. The second-order valence-corrected chi connectivity index (χ2v) is 1.89. The van der Waals surface area contributed by atoms with Crippen LogP contribution < -0.4 is 10.6 Å². The molecule has 0 bridgehead atoms. The van der Waals surface area contributed by atoms with Crippen LogP contribution in [-0.4, -0.2) is 19.2 Å². The Hall–Kier alpha value is -1.03. The van der Waals surface area contributed by atoms with Crippen LogP contribution in [0.1, 0.15) is 0 Å². The first-order valence-corrected chi connectivity index (χ1v) is 2.81. The van der Waals surface area contributed by atoms with E-state index in [0.29, 0.717) is 6.73 Å². The van der Waals surface area contributed by atoms with Crippen LogP contribution >= 0.6 is 0 Å². The Kier molecular flexibility index (Phi) is 0.927. The molecule has 0 aromatic carbocycles. The Morgan fingerprint density at radius 2 is 2.78 bits per heavy atom. The van der Waals surface area contributed by atoms with Crippen molar-refractivity contribution < 1.29 is 4.74 Å². The molecule has 9 heavy (non-hydrogen) atoms. The van der Waals surface area contributed by atoms with Gasteiger partial charge in [-0.05, 0) is 0 Å². The summed E-state index contributed by atoms with van der Waals surface area (Å²) in [6, 6.07) is 0. The molecule has 2 N–H and O–H groups in total. The molecule has 1 atom stereocenters. The molecule has 0 spiro atoms. The Balaban J connectivity index is 2.22. The topological polar surface area (TPSA) is 45.7 Å². The van der Waals surface area contributed by atoms with Crippen LogP contribution in [0.15, 0.2) is 17.0 Å². The predicted octanol–water partition coefficient (Wildman–Crippen LogP) is -0.637. The molecule has 2 heterocycles. The van der Waals surface area contributed by atoms with Gasteiger partial charge in [-0.25, -0.2) is 4.99 Å². The second-order valence-electron chi connectivity index (χ2n) is 1.89. The van der Waals surface area contributed by atoms with Crippen LogP contribution in [0.2, 0.25) is 0 Å². The first-order chi connectivity index (χ1) is 4.47. The Labute approximate surface area is 52.6 Å². The summed E-state index contributed by atoms with van der Waals surface area (Å²) in [5, 5.41) is 5.87. The molecule has 0 saturated carbocycles. The quantitative estimate of drug-likeness (QED) is 0.452. The normalized spacial score (nSPS) is 30.2. The highest BCUT2D eigenvalue weighted by atomic mass is 16.5. The smallest absolute Gasteiger partial charge is 0.163 e. The predicted molar refractivity (Wildman–Crippen MR) is 32.6 cm³/mol. The molecule has 4 nitrogen and oxygen atoms in total. The van der Waals surface area contributed by atoms with Crippen LogP contribution in [-0.2, 0) is 4.74 Å². The lowest BCUT2D eigenvalue weighted by molar-refractivity contribution is 0.251. The first-order valence-electron chi connectivity index (χ1n) is 2.81. The number of hydrogen-bond acceptors (Lipinski definition) is 4. The summed E-state index contributed by atoms with van der Waals surface area (Å²) in [5.74, 6) is 0.873. The second kappa shape index (κ2) is 1.73. The molecule has 2 aliphatic heterocycles. The average Bonchev–Trinajstić information content (AvgIpc) is 2.33. The molecule has 1 unspecified atom stereocenters. The van der Waals surface area contributed by atoms with E-state index in [-0.39, 0.29) is 6.17 Å². The Morgan fingerprint density at radius 1 is 1.78 bits per heavy atom. The van der Waals surface area contributed by atoms with Crippen LogP contribution in [0.5, 0.6) is 0 Å². The van der Waals surface area contributed by atoms with Gasteiger partial charge in [0.05, 0.1) is 6.34 Å². The largest absolute Gasteiger partial charge is 0.477 e. The molecule has 2 rings (SSSR count). The Bertz CT molecular complexity index is 175. The molecule has 0 aromatic heterocycles. The number of ether oxygens (including phenoxy) is 1. The highest BCUT2D eigenvalue weighted by Crippen LogP contribution is 2.11. The average molecular weight is 125 g/mol. The van der Waals surface area contributed by atoms with Crippen molar-refractivity contribution in [2.45, 2.75) is 6.17 Å². The molecular weight excluding hydrogens is 118 g/mol. The van der Waals surface area contributed by atoms with Crippen molar-refractivity contribution in [3.05, 3.63) is 12.0 Å². The number of nitrogens with zero attached hydrogens (tertiary/aromatic N) is 1. The van der Waals surface area contributed by atoms with E-state index in [1.165, 1.54) is 0 Å². The number of rotatable bonds is 0. The molecule has 0 radical (unpaired) electrons. The van der Waals surface area contributed by atoms with E-state index >= 15 is 0 Å². The van der Waals surface area contributed by atoms with Crippen molar-refractivity contribution in [1.29, 1.82) is 0 Å². The number of aliphatic imine (C=N–C) groups is 1. The van der Waals surface area contributed by atoms with Crippen LogP contribution in [0, 0.1) is 0 Å². The Morgan fingerprint density at radius 3 is 3.67 bits per heavy atom. The van der Waals surface area contributed by atoms with E-state index in [1.54, 1.807) is 12.5 Å². The van der Waals surface area contributed by atoms with E-state index in [9.17, 15) is 0 Å². The van der Waals surface area contributed by atoms with Gasteiger partial charge in [0.1, 0.15) is 6.73 Å². The molecule has 0 aromatic rings. The van der Waals surface area contributed by atoms with Gasteiger partial charge in [0.25, 0.3) is 0 Å². The maximum absolute atomic E-state index is 5.13. The van der Waals surface area contributed by atoms with Gasteiger partial charge in [0.2, 0.25) is 0 Å². The van der Waals surface area contributed by atoms with E-state index in [1.807, 2.05) is 0 Å². The zero-order valence-electron chi connectivity index (χ0n) is 4.79. The van der Waals surface area contributed by atoms with Gasteiger partial charge < -0.3 is 10.1 Å². The standard InChI is InChI=1S/C5H7N3O/c1-4-5(7-2-6-1)8-3-9-4/h1-2,5,8H,3H2,(H,6,7). The molecule has 4 heteroatoms. The molecule has 1 saturated heterocycles. The van der Waals surface area contributed by atoms with E-state index in [4.69, 9.17) is 4.74 Å². The minimum absolute atomic E-state index is 0.0613. The lowest BCUT2D eigenvalue weighted by Gasteiger charge is -2.07. The molecule has 0 amide bonds. The van der Waals surface area contributed by atoms with Crippen LogP contribution in [0.25, 0.3) is 0 Å². The maximum atomic E-state index is 5.13. The third-order valence-electron chi connectivity index (χ3n) is 1.31. The van der Waals surface area contributed by atoms with E-state index < -0.39 is 0 Å². The lowest BCUT2D eigenvalue weighted by Crippen LogP contribution is -2.25. The van der Waals surface area contributed by atoms with Gasteiger partial charge in [0.15, 0.2) is 11.9 Å². The zero-order valence-corrected chi connectivity index (χ0v) is 4.79. The molecule has 1 fully saturated rings. The van der Waals surface area contributed by atoms with Gasteiger partial charge in [0, 0.05) is 6.20 Å². The minimum atomic E-state index is 0.0613. The van der Waals surface area contributed by atoms with Gasteiger partial charge >= 0.3 is 0 Å². The lowest BCUT2D eigenvalue weighted by atomic mass is 10.4. The third kappa shape index (κ3) is 0.675. The van der Waals surface area contributed by atoms with E-state index in [0.717, 1.165) is 5.76 Å². The highest BCUT2D eigenvalue weighted by molar-refractivity contribution is 5.58. The van der Waals surface area contributed by atoms with Gasteiger partial charge in [-0.2, -0.15) is 0 Å². The van der Waals surface area contributed by atoms with Crippen LogP contribution in [0.3, 0.4) is 0 Å². The van der Waals surface area contributed by atoms with Gasteiger partial charge in [-0.1, -0.05) is 0 Å². The van der Waals surface area contributed by atoms with Crippen molar-refractivity contribution in [2.24, 2.45) is 4.99 Å². The zero-order chi connectivity index (χ0) is 6.10. The fraction of sp³-hybridized carbons (Fsp3) is 0.400. The summed E-state index contributed by atoms with van der Waals surface area (Å²) in [6.45, 7) is 0.565.